The van der Waals surface area contributed by atoms with Crippen molar-refractivity contribution >= 4 is 23.4 Å². The highest BCUT2D eigenvalue weighted by atomic mass is 19.1. The average molecular weight is 396 g/mol. The fraction of sp³-hybridized carbons (Fsp3) is 0.333. The molecule has 4 rings (SSSR count). The van der Waals surface area contributed by atoms with Crippen LogP contribution in [-0.2, 0) is 9.59 Å². The number of benzene rings is 1. The van der Waals surface area contributed by atoms with Gasteiger partial charge in [0.15, 0.2) is 0 Å². The summed E-state index contributed by atoms with van der Waals surface area (Å²) in [5, 5.41) is 2.83. The van der Waals surface area contributed by atoms with Gasteiger partial charge in [-0.3, -0.25) is 19.4 Å². The van der Waals surface area contributed by atoms with E-state index in [9.17, 15) is 18.8 Å². The number of carbonyl (C=O) groups excluding carboxylic acids is 3. The lowest BCUT2D eigenvalue weighted by Gasteiger charge is -2.26. The molecule has 7 nitrogen and oxygen atoms in total. The van der Waals surface area contributed by atoms with Crippen LogP contribution in [0, 0.1) is 5.82 Å². The molecule has 1 N–H and O–H groups in total. The van der Waals surface area contributed by atoms with E-state index in [0.29, 0.717) is 25.1 Å². The van der Waals surface area contributed by atoms with Gasteiger partial charge < -0.3 is 15.1 Å². The van der Waals surface area contributed by atoms with Gasteiger partial charge in [0.2, 0.25) is 11.8 Å². The average Bonchev–Trinajstić information content (AvgIpc) is 3.19. The van der Waals surface area contributed by atoms with Crippen LogP contribution in [0.4, 0.5) is 10.1 Å². The van der Waals surface area contributed by atoms with E-state index in [0.717, 1.165) is 6.07 Å². The summed E-state index contributed by atoms with van der Waals surface area (Å²) in [4.78, 5) is 45.7. The van der Waals surface area contributed by atoms with Crippen LogP contribution >= 0.6 is 0 Å². The van der Waals surface area contributed by atoms with Crippen molar-refractivity contribution < 1.29 is 18.8 Å². The minimum absolute atomic E-state index is 0.105. The molecule has 3 amide bonds. The van der Waals surface area contributed by atoms with E-state index >= 15 is 0 Å². The molecule has 2 aromatic rings. The Balaban J connectivity index is 1.61. The van der Waals surface area contributed by atoms with Crippen molar-refractivity contribution in [3.05, 3.63) is 59.7 Å². The number of rotatable bonds is 4. The van der Waals surface area contributed by atoms with Gasteiger partial charge in [-0.1, -0.05) is 6.07 Å². The minimum Gasteiger partial charge on any atom is -0.346 e. The maximum atomic E-state index is 13.8. The van der Waals surface area contributed by atoms with Crippen LogP contribution in [0.3, 0.4) is 0 Å². The Bertz CT molecular complexity index is 966. The van der Waals surface area contributed by atoms with Crippen molar-refractivity contribution in [3.8, 4) is 0 Å². The minimum atomic E-state index is -0.626. The van der Waals surface area contributed by atoms with Gasteiger partial charge in [-0.25, -0.2) is 4.39 Å². The second kappa shape index (κ2) is 7.62. The number of aromatic nitrogens is 1. The number of carbonyl (C=O) groups is 3. The molecule has 8 heteroatoms. The standard InChI is InChI=1S/C21H21FN4O3/c1-13(16-5-2-3-9-23-16)24-19(27)12-26-17-8-7-14(22)11-15(17)20(28)25-10-4-6-18(25)21(26)29/h2-3,5,7-9,11,13,18H,4,6,10,12H2,1H3,(H,24,27). The summed E-state index contributed by atoms with van der Waals surface area (Å²) in [6, 6.07) is 8.16. The first-order valence-corrected chi connectivity index (χ1v) is 9.58. The van der Waals surface area contributed by atoms with Gasteiger partial charge in [-0.15, -0.1) is 0 Å². The van der Waals surface area contributed by atoms with Crippen LogP contribution in [0.1, 0.15) is 41.9 Å². The van der Waals surface area contributed by atoms with E-state index in [4.69, 9.17) is 0 Å². The van der Waals surface area contributed by atoms with E-state index in [1.807, 2.05) is 6.07 Å². The molecule has 2 aliphatic heterocycles. The van der Waals surface area contributed by atoms with Crippen molar-refractivity contribution in [3.63, 3.8) is 0 Å². The maximum Gasteiger partial charge on any atom is 0.256 e. The Morgan fingerprint density at radius 2 is 2.14 bits per heavy atom. The number of fused-ring (bicyclic) bond motifs is 2. The SMILES string of the molecule is CC(NC(=O)CN1C(=O)C2CCCN2C(=O)c2cc(F)ccc21)c1ccccn1. The Hall–Kier alpha value is -3.29. The number of anilines is 1. The fourth-order valence-electron chi connectivity index (χ4n) is 3.93. The third-order valence-corrected chi connectivity index (χ3v) is 5.36. The molecule has 1 saturated heterocycles. The molecule has 1 aromatic carbocycles. The van der Waals surface area contributed by atoms with Crippen LogP contribution in [0.5, 0.6) is 0 Å². The molecule has 150 valence electrons. The fourth-order valence-corrected chi connectivity index (χ4v) is 3.93. The summed E-state index contributed by atoms with van der Waals surface area (Å²) in [6.45, 7) is 1.99. The van der Waals surface area contributed by atoms with Crippen LogP contribution in [0.2, 0.25) is 0 Å². The first-order chi connectivity index (χ1) is 14.0. The van der Waals surface area contributed by atoms with Crippen LogP contribution in [-0.4, -0.2) is 46.7 Å². The molecule has 0 aliphatic carbocycles. The Kier molecular flexibility index (Phi) is 5.00. The predicted octanol–water partition coefficient (Wildman–Crippen LogP) is 2.05. The van der Waals surface area contributed by atoms with Crippen molar-refractivity contribution in [2.75, 3.05) is 18.0 Å². The first kappa shape index (κ1) is 19.0. The quantitative estimate of drug-likeness (QED) is 0.858. The molecule has 0 saturated carbocycles. The molecular formula is C21H21FN4O3. The summed E-state index contributed by atoms with van der Waals surface area (Å²) in [7, 11) is 0. The number of nitrogens with zero attached hydrogens (tertiary/aromatic N) is 3. The number of hydrogen-bond donors (Lipinski definition) is 1. The van der Waals surface area contributed by atoms with Gasteiger partial charge in [-0.2, -0.15) is 0 Å². The Morgan fingerprint density at radius 1 is 1.31 bits per heavy atom. The predicted molar refractivity (Wildman–Crippen MR) is 104 cm³/mol. The van der Waals surface area contributed by atoms with E-state index in [1.165, 1.54) is 21.9 Å². The van der Waals surface area contributed by atoms with E-state index in [-0.39, 0.29) is 41.6 Å². The lowest BCUT2D eigenvalue weighted by molar-refractivity contribution is -0.126. The number of nitrogens with one attached hydrogen (secondary N) is 1. The highest BCUT2D eigenvalue weighted by Gasteiger charge is 2.42. The Labute approximate surface area is 167 Å². The molecule has 2 atom stereocenters. The molecule has 0 radical (unpaired) electrons. The lowest BCUT2D eigenvalue weighted by Crippen LogP contribution is -2.48. The van der Waals surface area contributed by atoms with Crippen LogP contribution in [0.15, 0.2) is 42.6 Å². The van der Waals surface area contributed by atoms with E-state index in [1.54, 1.807) is 25.3 Å². The second-order valence-electron chi connectivity index (χ2n) is 7.29. The van der Waals surface area contributed by atoms with E-state index in [2.05, 4.69) is 10.3 Å². The number of amides is 3. The summed E-state index contributed by atoms with van der Waals surface area (Å²) in [5.41, 5.74) is 1.06. The van der Waals surface area contributed by atoms with Gasteiger partial charge in [0, 0.05) is 12.7 Å². The van der Waals surface area contributed by atoms with Crippen molar-refractivity contribution in [1.29, 1.82) is 0 Å². The molecular weight excluding hydrogens is 375 g/mol. The summed E-state index contributed by atoms with van der Waals surface area (Å²) >= 11 is 0. The third kappa shape index (κ3) is 3.57. The zero-order valence-electron chi connectivity index (χ0n) is 16.0. The highest BCUT2D eigenvalue weighted by molar-refractivity contribution is 6.12. The topological polar surface area (TPSA) is 82.6 Å². The largest absolute Gasteiger partial charge is 0.346 e. The van der Waals surface area contributed by atoms with Crippen LogP contribution < -0.4 is 10.2 Å². The highest BCUT2D eigenvalue weighted by Crippen LogP contribution is 2.32. The smallest absolute Gasteiger partial charge is 0.256 e. The lowest BCUT2D eigenvalue weighted by atomic mass is 10.1. The van der Waals surface area contributed by atoms with Gasteiger partial charge in [-0.05, 0) is 50.1 Å². The molecule has 29 heavy (non-hydrogen) atoms. The maximum absolute atomic E-state index is 13.8. The summed E-state index contributed by atoms with van der Waals surface area (Å²) in [5.74, 6) is -1.64. The van der Waals surface area contributed by atoms with Gasteiger partial charge >= 0.3 is 0 Å². The first-order valence-electron chi connectivity index (χ1n) is 9.58. The molecule has 0 spiro atoms. The number of hydrogen-bond acceptors (Lipinski definition) is 4. The van der Waals surface area contributed by atoms with E-state index < -0.39 is 11.9 Å². The van der Waals surface area contributed by atoms with Crippen LogP contribution in [0.25, 0.3) is 0 Å². The molecule has 3 heterocycles. The Morgan fingerprint density at radius 3 is 2.90 bits per heavy atom. The van der Waals surface area contributed by atoms with Gasteiger partial charge in [0.1, 0.15) is 18.4 Å². The molecule has 2 unspecified atom stereocenters. The van der Waals surface area contributed by atoms with Gasteiger partial charge in [0.05, 0.1) is 23.0 Å². The van der Waals surface area contributed by atoms with Crippen molar-refractivity contribution in [1.82, 2.24) is 15.2 Å². The monoisotopic (exact) mass is 396 g/mol. The van der Waals surface area contributed by atoms with Crippen molar-refractivity contribution in [2.24, 2.45) is 0 Å². The number of halogens is 1. The number of pyridine rings is 1. The molecule has 2 aliphatic rings. The summed E-state index contributed by atoms with van der Waals surface area (Å²) < 4.78 is 13.8. The molecule has 1 aromatic heterocycles. The van der Waals surface area contributed by atoms with Gasteiger partial charge in [0.25, 0.3) is 5.91 Å². The third-order valence-electron chi connectivity index (χ3n) is 5.36. The second-order valence-corrected chi connectivity index (χ2v) is 7.29. The molecule has 1 fully saturated rings. The molecule has 0 bridgehead atoms. The zero-order chi connectivity index (χ0) is 20.5. The summed E-state index contributed by atoms with van der Waals surface area (Å²) in [6.07, 6.45) is 2.87. The zero-order valence-corrected chi connectivity index (χ0v) is 16.0. The normalized spacial score (nSPS) is 19.4. The van der Waals surface area contributed by atoms with Crippen molar-refractivity contribution in [2.45, 2.75) is 31.8 Å².